The third-order valence-electron chi connectivity index (χ3n) is 3.27. The largest absolute Gasteiger partial charge is 0.383 e. The van der Waals surface area contributed by atoms with Gasteiger partial charge >= 0.3 is 0 Å². The molecule has 1 N–H and O–H groups in total. The number of hydrogen-bond donors (Lipinski definition) is 1. The molecule has 0 heterocycles. The minimum absolute atomic E-state index is 0.442. The molecule has 18 heavy (non-hydrogen) atoms. The van der Waals surface area contributed by atoms with Crippen LogP contribution in [-0.4, -0.2) is 19.8 Å². The molecular weight excluding hydrogens is 292 g/mol. The van der Waals surface area contributed by atoms with Crippen LogP contribution in [0.15, 0.2) is 22.7 Å². The highest BCUT2D eigenvalue weighted by molar-refractivity contribution is 9.10. The number of benzene rings is 1. The summed E-state index contributed by atoms with van der Waals surface area (Å²) < 4.78 is 6.23. The molecule has 3 nitrogen and oxygen atoms in total. The molecule has 96 valence electrons. The van der Waals surface area contributed by atoms with E-state index in [4.69, 9.17) is 10.00 Å². The molecule has 4 heteroatoms. The van der Waals surface area contributed by atoms with Crippen molar-refractivity contribution in [2.75, 3.05) is 13.7 Å². The van der Waals surface area contributed by atoms with Gasteiger partial charge < -0.3 is 10.1 Å². The maximum Gasteiger partial charge on any atom is 0.0992 e. The van der Waals surface area contributed by atoms with Gasteiger partial charge in [-0.15, -0.1) is 0 Å². The first-order valence-corrected chi connectivity index (χ1v) is 6.94. The average Bonchev–Trinajstić information content (AvgIpc) is 3.20. The van der Waals surface area contributed by atoms with Crippen molar-refractivity contribution in [3.63, 3.8) is 0 Å². The monoisotopic (exact) mass is 308 g/mol. The van der Waals surface area contributed by atoms with Gasteiger partial charge in [0, 0.05) is 24.2 Å². The number of methoxy groups -OCH3 is 1. The van der Waals surface area contributed by atoms with Crippen molar-refractivity contribution >= 4 is 15.9 Å². The molecule has 0 amide bonds. The molecule has 0 aliphatic heterocycles. The summed E-state index contributed by atoms with van der Waals surface area (Å²) in [6, 6.07) is 8.28. The first kappa shape index (κ1) is 13.5. The molecule has 1 aliphatic carbocycles. The third kappa shape index (κ3) is 3.55. The lowest BCUT2D eigenvalue weighted by atomic mass is 10.1. The molecule has 0 saturated heterocycles. The van der Waals surface area contributed by atoms with E-state index < -0.39 is 0 Å². The number of halogens is 1. The first-order valence-electron chi connectivity index (χ1n) is 6.15. The normalized spacial score (nSPS) is 16.3. The van der Waals surface area contributed by atoms with Crippen LogP contribution in [-0.2, 0) is 11.3 Å². The van der Waals surface area contributed by atoms with E-state index in [0.717, 1.165) is 23.5 Å². The summed E-state index contributed by atoms with van der Waals surface area (Å²) in [6.07, 6.45) is 2.60. The van der Waals surface area contributed by atoms with E-state index in [2.05, 4.69) is 27.3 Å². The van der Waals surface area contributed by atoms with Gasteiger partial charge in [0.05, 0.1) is 18.2 Å². The van der Waals surface area contributed by atoms with E-state index in [0.29, 0.717) is 11.6 Å². The Morgan fingerprint density at radius 3 is 2.89 bits per heavy atom. The molecule has 2 rings (SSSR count). The van der Waals surface area contributed by atoms with Crippen LogP contribution in [0.4, 0.5) is 0 Å². The Labute approximate surface area is 116 Å². The van der Waals surface area contributed by atoms with E-state index in [1.54, 1.807) is 7.11 Å². The van der Waals surface area contributed by atoms with Gasteiger partial charge in [-0.3, -0.25) is 0 Å². The minimum atomic E-state index is 0.442. The Balaban J connectivity index is 1.94. The van der Waals surface area contributed by atoms with Gasteiger partial charge in [0.1, 0.15) is 0 Å². The zero-order valence-electron chi connectivity index (χ0n) is 10.4. The standard InChI is InChI=1S/C14H17BrN2O/c1-18-9-14(11-4-5-11)17-8-12-3-2-10(7-16)6-13(12)15/h2-3,6,11,14,17H,4-5,8-9H2,1H3/t14-/m0/s1. The number of hydrogen-bond acceptors (Lipinski definition) is 3. The molecule has 0 bridgehead atoms. The molecule has 1 atom stereocenters. The number of ether oxygens (including phenoxy) is 1. The molecule has 0 unspecified atom stereocenters. The van der Waals surface area contributed by atoms with Crippen LogP contribution >= 0.6 is 15.9 Å². The number of nitrogens with one attached hydrogen (secondary N) is 1. The van der Waals surface area contributed by atoms with Crippen LogP contribution in [0.1, 0.15) is 24.0 Å². The Morgan fingerprint density at radius 1 is 1.56 bits per heavy atom. The minimum Gasteiger partial charge on any atom is -0.383 e. The van der Waals surface area contributed by atoms with Crippen molar-refractivity contribution in [3.8, 4) is 6.07 Å². The summed E-state index contributed by atoms with van der Waals surface area (Å²) >= 11 is 3.51. The van der Waals surface area contributed by atoms with Crippen molar-refractivity contribution in [2.24, 2.45) is 5.92 Å². The highest BCUT2D eigenvalue weighted by Gasteiger charge is 2.30. The summed E-state index contributed by atoms with van der Waals surface area (Å²) in [4.78, 5) is 0. The van der Waals surface area contributed by atoms with Crippen molar-refractivity contribution in [1.82, 2.24) is 5.32 Å². The maximum atomic E-state index is 8.82. The van der Waals surface area contributed by atoms with E-state index >= 15 is 0 Å². The van der Waals surface area contributed by atoms with Crippen LogP contribution in [0.3, 0.4) is 0 Å². The van der Waals surface area contributed by atoms with E-state index in [1.165, 1.54) is 18.4 Å². The Morgan fingerprint density at radius 2 is 2.33 bits per heavy atom. The zero-order chi connectivity index (χ0) is 13.0. The second-order valence-corrected chi connectivity index (χ2v) is 5.55. The summed E-state index contributed by atoms with van der Waals surface area (Å²) in [5.41, 5.74) is 1.86. The Kier molecular flexibility index (Phi) is 4.76. The zero-order valence-corrected chi connectivity index (χ0v) is 12.0. The van der Waals surface area contributed by atoms with Gasteiger partial charge in [0.25, 0.3) is 0 Å². The number of nitriles is 1. The summed E-state index contributed by atoms with van der Waals surface area (Å²) in [5, 5.41) is 12.4. The SMILES string of the molecule is COC[C@H](NCc1ccc(C#N)cc1Br)C1CC1. The van der Waals surface area contributed by atoms with Crippen molar-refractivity contribution in [1.29, 1.82) is 5.26 Å². The highest BCUT2D eigenvalue weighted by Crippen LogP contribution is 2.33. The molecule has 1 fully saturated rings. The summed E-state index contributed by atoms with van der Waals surface area (Å²) in [7, 11) is 1.74. The fraction of sp³-hybridized carbons (Fsp3) is 0.500. The molecule has 0 spiro atoms. The van der Waals surface area contributed by atoms with E-state index in [-0.39, 0.29) is 0 Å². The lowest BCUT2D eigenvalue weighted by molar-refractivity contribution is 0.157. The van der Waals surface area contributed by atoms with Crippen molar-refractivity contribution in [3.05, 3.63) is 33.8 Å². The Bertz CT molecular complexity index is 452. The molecule has 1 saturated carbocycles. The summed E-state index contributed by atoms with van der Waals surface area (Å²) in [5.74, 6) is 0.766. The predicted octanol–water partition coefficient (Wildman–Crippen LogP) is 2.84. The number of nitrogens with zero attached hydrogens (tertiary/aromatic N) is 1. The molecule has 0 radical (unpaired) electrons. The second kappa shape index (κ2) is 6.33. The lowest BCUT2D eigenvalue weighted by Gasteiger charge is -2.17. The van der Waals surface area contributed by atoms with E-state index in [9.17, 15) is 0 Å². The van der Waals surface area contributed by atoms with Gasteiger partial charge in [-0.2, -0.15) is 5.26 Å². The lowest BCUT2D eigenvalue weighted by Crippen LogP contribution is -2.34. The topological polar surface area (TPSA) is 45.0 Å². The van der Waals surface area contributed by atoms with Gasteiger partial charge in [0.15, 0.2) is 0 Å². The van der Waals surface area contributed by atoms with Crippen molar-refractivity contribution < 1.29 is 4.74 Å². The van der Waals surface area contributed by atoms with Crippen LogP contribution in [0.5, 0.6) is 0 Å². The van der Waals surface area contributed by atoms with Crippen LogP contribution in [0.25, 0.3) is 0 Å². The fourth-order valence-electron chi connectivity index (χ4n) is 2.04. The van der Waals surface area contributed by atoms with Gasteiger partial charge in [-0.05, 0) is 36.5 Å². The number of rotatable bonds is 6. The Hall–Kier alpha value is -0.890. The smallest absolute Gasteiger partial charge is 0.0992 e. The molecule has 0 aromatic heterocycles. The molecule has 1 aromatic rings. The second-order valence-electron chi connectivity index (χ2n) is 4.70. The predicted molar refractivity (Wildman–Crippen MR) is 74.1 cm³/mol. The van der Waals surface area contributed by atoms with Gasteiger partial charge in [0.2, 0.25) is 0 Å². The van der Waals surface area contributed by atoms with Gasteiger partial charge in [-0.25, -0.2) is 0 Å². The third-order valence-corrected chi connectivity index (χ3v) is 4.01. The van der Waals surface area contributed by atoms with Crippen LogP contribution in [0, 0.1) is 17.2 Å². The van der Waals surface area contributed by atoms with Crippen molar-refractivity contribution in [2.45, 2.75) is 25.4 Å². The molecular formula is C14H17BrN2O. The highest BCUT2D eigenvalue weighted by atomic mass is 79.9. The molecule has 1 aromatic carbocycles. The summed E-state index contributed by atoms with van der Waals surface area (Å²) in [6.45, 7) is 1.56. The van der Waals surface area contributed by atoms with Gasteiger partial charge in [-0.1, -0.05) is 22.0 Å². The maximum absolute atomic E-state index is 8.82. The molecule has 1 aliphatic rings. The van der Waals surface area contributed by atoms with E-state index in [1.807, 2.05) is 18.2 Å². The quantitative estimate of drug-likeness (QED) is 0.879. The average molecular weight is 309 g/mol. The van der Waals surface area contributed by atoms with Crippen LogP contribution < -0.4 is 5.32 Å². The fourth-order valence-corrected chi connectivity index (χ4v) is 2.56. The van der Waals surface area contributed by atoms with Crippen LogP contribution in [0.2, 0.25) is 0 Å². The first-order chi connectivity index (χ1) is 8.74.